The van der Waals surface area contributed by atoms with Crippen LogP contribution < -0.4 is 5.32 Å². The predicted molar refractivity (Wildman–Crippen MR) is 85.5 cm³/mol. The second-order valence-electron chi connectivity index (χ2n) is 4.13. The summed E-state index contributed by atoms with van der Waals surface area (Å²) in [4.78, 5) is 8.42. The van der Waals surface area contributed by atoms with Gasteiger partial charge >= 0.3 is 0 Å². The summed E-state index contributed by atoms with van der Waals surface area (Å²) in [7, 11) is 0. The van der Waals surface area contributed by atoms with Crippen LogP contribution in [0.4, 0.5) is 10.2 Å². The monoisotopic (exact) mass is 401 g/mol. The number of benzene rings is 1. The van der Waals surface area contributed by atoms with Gasteiger partial charge in [-0.1, -0.05) is 6.07 Å². The molecule has 102 valence electrons. The summed E-state index contributed by atoms with van der Waals surface area (Å²) in [6, 6.07) is 6.31. The van der Waals surface area contributed by atoms with E-state index in [2.05, 4.69) is 37.9 Å². The molecule has 0 spiro atoms. The van der Waals surface area contributed by atoms with Crippen LogP contribution in [-0.4, -0.2) is 15.1 Å². The summed E-state index contributed by atoms with van der Waals surface area (Å²) in [5.41, 5.74) is 1.63. The van der Waals surface area contributed by atoms with Crippen molar-refractivity contribution in [3.05, 3.63) is 44.9 Å². The van der Waals surface area contributed by atoms with Gasteiger partial charge in [0, 0.05) is 6.54 Å². The number of hydrogen-bond donors (Lipinski definition) is 2. The molecule has 4 nitrogen and oxygen atoms in total. The van der Waals surface area contributed by atoms with Crippen LogP contribution in [0.2, 0.25) is 0 Å². The molecular weight excluding hydrogens is 392 g/mol. The molecule has 7 heteroatoms. The number of phenols is 1. The Bertz CT molecular complexity index is 777. The molecule has 0 aliphatic rings. The summed E-state index contributed by atoms with van der Waals surface area (Å²) >= 11 is 3.85. The van der Waals surface area contributed by atoms with Crippen LogP contribution in [0, 0.1) is 8.70 Å². The van der Waals surface area contributed by atoms with Gasteiger partial charge in [0.25, 0.3) is 0 Å². The number of hydrogen-bond acceptors (Lipinski definition) is 5. The zero-order valence-electron chi connectivity index (χ0n) is 10.1. The molecule has 0 radical (unpaired) electrons. The lowest BCUT2D eigenvalue weighted by atomic mass is 10.2. The number of aromatic hydroxyl groups is 1. The first-order valence-corrected chi connectivity index (χ1v) is 7.64. The van der Waals surface area contributed by atoms with E-state index in [-0.39, 0.29) is 5.75 Å². The van der Waals surface area contributed by atoms with Crippen LogP contribution in [0.3, 0.4) is 0 Å². The van der Waals surface area contributed by atoms with Crippen molar-refractivity contribution < 1.29 is 9.50 Å². The summed E-state index contributed by atoms with van der Waals surface area (Å²) in [5, 5.41) is 12.3. The van der Waals surface area contributed by atoms with Gasteiger partial charge in [0.05, 0.1) is 13.1 Å². The molecule has 0 amide bonds. The van der Waals surface area contributed by atoms with Crippen LogP contribution >= 0.6 is 33.9 Å². The molecule has 2 N–H and O–H groups in total. The number of halogens is 2. The van der Waals surface area contributed by atoms with Gasteiger partial charge in [0.2, 0.25) is 0 Å². The van der Waals surface area contributed by atoms with Crippen molar-refractivity contribution in [2.24, 2.45) is 0 Å². The lowest BCUT2D eigenvalue weighted by Crippen LogP contribution is -2.02. The smallest absolute Gasteiger partial charge is 0.165 e. The number of thiophene rings is 1. The Morgan fingerprint density at radius 1 is 1.30 bits per heavy atom. The first kappa shape index (κ1) is 13.5. The van der Waals surface area contributed by atoms with Crippen molar-refractivity contribution in [3.63, 3.8) is 0 Å². The van der Waals surface area contributed by atoms with Crippen LogP contribution in [0.15, 0.2) is 30.6 Å². The quantitative estimate of drug-likeness (QED) is 0.657. The Hall–Kier alpha value is -1.48. The molecule has 1 aromatic carbocycles. The minimum Gasteiger partial charge on any atom is -0.505 e. The first-order chi connectivity index (χ1) is 9.63. The molecule has 2 heterocycles. The summed E-state index contributed by atoms with van der Waals surface area (Å²) in [6.07, 6.45) is 1.50. The summed E-state index contributed by atoms with van der Waals surface area (Å²) in [5.74, 6) is -0.231. The van der Waals surface area contributed by atoms with E-state index in [1.165, 1.54) is 18.5 Å². The third kappa shape index (κ3) is 2.68. The van der Waals surface area contributed by atoms with E-state index >= 15 is 0 Å². The van der Waals surface area contributed by atoms with Crippen molar-refractivity contribution in [1.29, 1.82) is 0 Å². The zero-order valence-corrected chi connectivity index (χ0v) is 13.1. The minimum absolute atomic E-state index is 0.342. The largest absolute Gasteiger partial charge is 0.505 e. The van der Waals surface area contributed by atoms with Crippen LogP contribution in [0.1, 0.15) is 5.56 Å². The number of nitrogens with one attached hydrogen (secondary N) is 1. The topological polar surface area (TPSA) is 58.0 Å². The van der Waals surface area contributed by atoms with Crippen LogP contribution in [0.5, 0.6) is 5.75 Å². The van der Waals surface area contributed by atoms with E-state index in [1.54, 1.807) is 17.4 Å². The van der Waals surface area contributed by atoms with Gasteiger partial charge in [0.1, 0.15) is 12.1 Å². The Morgan fingerprint density at radius 2 is 2.15 bits per heavy atom. The van der Waals surface area contributed by atoms with Crippen molar-refractivity contribution in [2.75, 3.05) is 5.32 Å². The van der Waals surface area contributed by atoms with E-state index in [0.717, 1.165) is 24.5 Å². The molecule has 3 rings (SSSR count). The third-order valence-electron chi connectivity index (χ3n) is 2.75. The fourth-order valence-corrected chi connectivity index (χ4v) is 3.56. The number of phenolic OH excluding ortho intramolecular Hbond substituents is 1. The Kier molecular flexibility index (Phi) is 3.70. The first-order valence-electron chi connectivity index (χ1n) is 5.75. The van der Waals surface area contributed by atoms with E-state index in [1.807, 2.05) is 6.07 Å². The fourth-order valence-electron chi connectivity index (χ4n) is 1.80. The zero-order chi connectivity index (χ0) is 14.1. The van der Waals surface area contributed by atoms with Crippen molar-refractivity contribution >= 4 is 50.0 Å². The number of rotatable bonds is 3. The maximum absolute atomic E-state index is 13.3. The lowest BCUT2D eigenvalue weighted by Gasteiger charge is -2.06. The highest BCUT2D eigenvalue weighted by molar-refractivity contribution is 14.1. The highest BCUT2D eigenvalue weighted by Crippen LogP contribution is 2.30. The number of aromatic nitrogens is 2. The van der Waals surface area contributed by atoms with Crippen molar-refractivity contribution in [1.82, 2.24) is 9.97 Å². The van der Waals surface area contributed by atoms with Crippen molar-refractivity contribution in [3.8, 4) is 5.75 Å². The predicted octanol–water partition coefficient (Wildman–Crippen LogP) is 3.75. The Labute approximate surface area is 131 Å². The Balaban J connectivity index is 1.84. The SMILES string of the molecule is Oc1ccc(CNc2ncnc3cc(I)sc23)cc1F. The van der Waals surface area contributed by atoms with E-state index < -0.39 is 5.82 Å². The summed E-state index contributed by atoms with van der Waals surface area (Å²) in [6.45, 7) is 0.428. The number of nitrogens with zero attached hydrogens (tertiary/aromatic N) is 2. The normalized spacial score (nSPS) is 10.9. The molecule has 0 aliphatic carbocycles. The molecule has 0 saturated heterocycles. The van der Waals surface area contributed by atoms with Gasteiger partial charge in [0.15, 0.2) is 11.6 Å². The highest BCUT2D eigenvalue weighted by atomic mass is 127. The van der Waals surface area contributed by atoms with E-state index in [9.17, 15) is 4.39 Å². The standard InChI is InChI=1S/C13H9FIN3OS/c14-8-3-7(1-2-10(8)19)5-16-13-12-9(17-6-18-13)4-11(15)20-12/h1-4,6,19H,5H2,(H,16,17,18). The molecule has 0 unspecified atom stereocenters. The van der Waals surface area contributed by atoms with Gasteiger partial charge in [-0.15, -0.1) is 11.3 Å². The minimum atomic E-state index is -0.622. The average Bonchev–Trinajstić information content (AvgIpc) is 2.81. The van der Waals surface area contributed by atoms with Crippen molar-refractivity contribution in [2.45, 2.75) is 6.54 Å². The summed E-state index contributed by atoms with van der Waals surface area (Å²) < 4.78 is 15.4. The molecule has 0 fully saturated rings. The fraction of sp³-hybridized carbons (Fsp3) is 0.0769. The van der Waals surface area contributed by atoms with Gasteiger partial charge in [-0.2, -0.15) is 0 Å². The molecule has 3 aromatic rings. The van der Waals surface area contributed by atoms with Gasteiger partial charge < -0.3 is 10.4 Å². The molecule has 0 atom stereocenters. The van der Waals surface area contributed by atoms with Crippen LogP contribution in [0.25, 0.3) is 10.2 Å². The average molecular weight is 401 g/mol. The van der Waals surface area contributed by atoms with Gasteiger partial charge in [-0.3, -0.25) is 0 Å². The molecule has 2 aromatic heterocycles. The van der Waals surface area contributed by atoms with Gasteiger partial charge in [-0.25, -0.2) is 14.4 Å². The molecule has 0 bridgehead atoms. The third-order valence-corrected chi connectivity index (χ3v) is 4.64. The number of anilines is 1. The molecule has 0 saturated carbocycles. The number of fused-ring (bicyclic) bond motifs is 1. The highest BCUT2D eigenvalue weighted by Gasteiger charge is 2.08. The van der Waals surface area contributed by atoms with E-state index in [4.69, 9.17) is 5.11 Å². The molecule has 0 aliphatic heterocycles. The second-order valence-corrected chi connectivity index (χ2v) is 7.07. The van der Waals surface area contributed by atoms with E-state index in [0.29, 0.717) is 6.54 Å². The second kappa shape index (κ2) is 5.49. The Morgan fingerprint density at radius 3 is 2.95 bits per heavy atom. The van der Waals surface area contributed by atoms with Crippen LogP contribution in [-0.2, 0) is 6.54 Å². The molecular formula is C13H9FIN3OS. The maximum atomic E-state index is 13.3. The molecule has 20 heavy (non-hydrogen) atoms. The maximum Gasteiger partial charge on any atom is 0.165 e. The lowest BCUT2D eigenvalue weighted by molar-refractivity contribution is 0.432. The van der Waals surface area contributed by atoms with Gasteiger partial charge in [-0.05, 0) is 46.4 Å².